The third-order valence-electron chi connectivity index (χ3n) is 8.94. The van der Waals surface area contributed by atoms with Gasteiger partial charge in [0.2, 0.25) is 35.4 Å². The third kappa shape index (κ3) is 16.9. The number of phenolic OH excluding ortho intramolecular Hbond substituents is 1. The van der Waals surface area contributed by atoms with Crippen LogP contribution in [-0.2, 0) is 40.0 Å². The Kier molecular flexibility index (Phi) is 22.4. The molecule has 0 aliphatic heterocycles. The van der Waals surface area contributed by atoms with Gasteiger partial charge in [-0.25, -0.2) is 4.79 Å². The second-order valence-electron chi connectivity index (χ2n) is 14.1. The minimum atomic E-state index is -1.28. The molecule has 17 heteroatoms. The van der Waals surface area contributed by atoms with Gasteiger partial charge in [0.15, 0.2) is 0 Å². The molecule has 7 unspecified atom stereocenters. The predicted octanol–water partition coefficient (Wildman–Crippen LogP) is 0.159. The summed E-state index contributed by atoms with van der Waals surface area (Å²) in [5.41, 5.74) is 17.3. The maximum atomic E-state index is 13.8. The van der Waals surface area contributed by atoms with E-state index >= 15 is 0 Å². The molecule has 0 spiro atoms. The van der Waals surface area contributed by atoms with Crippen molar-refractivity contribution in [3.05, 3.63) is 29.8 Å². The van der Waals surface area contributed by atoms with E-state index in [-0.39, 0.29) is 44.8 Å². The molecule has 0 aromatic heterocycles. The summed E-state index contributed by atoms with van der Waals surface area (Å²) in [7, 11) is 0. The van der Waals surface area contributed by atoms with Gasteiger partial charge in [0.05, 0.1) is 6.04 Å². The number of primary amides is 1. The van der Waals surface area contributed by atoms with E-state index in [1.165, 1.54) is 12.1 Å². The van der Waals surface area contributed by atoms with Crippen LogP contribution < -0.4 is 43.8 Å². The maximum absolute atomic E-state index is 13.8. The molecule has 1 rings (SSSR count). The van der Waals surface area contributed by atoms with Gasteiger partial charge in [0, 0.05) is 12.8 Å². The zero-order valence-electron chi connectivity index (χ0n) is 31.6. The Morgan fingerprint density at radius 3 is 1.70 bits per heavy atom. The molecular formula is C37H64N8O9. The molecule has 0 fully saturated rings. The van der Waals surface area contributed by atoms with Crippen molar-refractivity contribution in [3.8, 4) is 5.75 Å². The van der Waals surface area contributed by atoms with Gasteiger partial charge >= 0.3 is 5.97 Å². The first-order valence-corrected chi connectivity index (χ1v) is 18.1. The normalized spacial score (nSPS) is 14.9. The molecule has 0 bridgehead atoms. The zero-order valence-corrected chi connectivity index (χ0v) is 31.6. The lowest BCUT2D eigenvalue weighted by Crippen LogP contribution is -2.61. The monoisotopic (exact) mass is 764 g/mol. The molecule has 7 atom stereocenters. The number of carboxylic acid groups (broad SMARTS) is 1. The number of hydrogen-bond acceptors (Lipinski definition) is 10. The van der Waals surface area contributed by atoms with Crippen LogP contribution in [0.3, 0.4) is 0 Å². The van der Waals surface area contributed by atoms with E-state index in [0.29, 0.717) is 31.4 Å². The van der Waals surface area contributed by atoms with Crippen molar-refractivity contribution in [3.63, 3.8) is 0 Å². The lowest BCUT2D eigenvalue weighted by molar-refractivity contribution is -0.142. The fraction of sp³-hybridized carbons (Fsp3) is 0.649. The molecule has 0 saturated heterocycles. The summed E-state index contributed by atoms with van der Waals surface area (Å²) in [4.78, 5) is 90.9. The first kappa shape index (κ1) is 49.2. The van der Waals surface area contributed by atoms with E-state index in [9.17, 15) is 43.8 Å². The minimum absolute atomic E-state index is 0. The Labute approximate surface area is 318 Å². The van der Waals surface area contributed by atoms with Crippen LogP contribution in [0, 0.1) is 17.8 Å². The molecule has 1 aromatic rings. The highest BCUT2D eigenvalue weighted by Gasteiger charge is 2.35. The van der Waals surface area contributed by atoms with Gasteiger partial charge in [-0.15, -0.1) is 0 Å². The van der Waals surface area contributed by atoms with Gasteiger partial charge in [-0.2, -0.15) is 0 Å². The first-order valence-electron chi connectivity index (χ1n) is 18.1. The average molecular weight is 765 g/mol. The van der Waals surface area contributed by atoms with Crippen molar-refractivity contribution in [2.45, 2.75) is 130 Å². The summed E-state index contributed by atoms with van der Waals surface area (Å²) >= 11 is 0. The fourth-order valence-corrected chi connectivity index (χ4v) is 5.22. The average Bonchev–Trinajstić information content (AvgIpc) is 3.09. The van der Waals surface area contributed by atoms with Crippen LogP contribution in [0.5, 0.6) is 5.75 Å². The van der Waals surface area contributed by atoms with Gasteiger partial charge in [0.1, 0.15) is 36.0 Å². The number of aliphatic carboxylic acids is 1. The number of phenols is 1. The topological polar surface area (TPSA) is 298 Å². The van der Waals surface area contributed by atoms with E-state index in [0.717, 1.165) is 0 Å². The largest absolute Gasteiger partial charge is 0.508 e. The van der Waals surface area contributed by atoms with Gasteiger partial charge in [-0.1, -0.05) is 67.5 Å². The van der Waals surface area contributed by atoms with E-state index in [4.69, 9.17) is 17.2 Å². The van der Waals surface area contributed by atoms with Crippen molar-refractivity contribution >= 4 is 41.4 Å². The molecular weight excluding hydrogens is 700 g/mol. The van der Waals surface area contributed by atoms with Crippen LogP contribution in [0.15, 0.2) is 24.3 Å². The Balaban J connectivity index is 0.0000281. The summed E-state index contributed by atoms with van der Waals surface area (Å²) in [5, 5.41) is 32.5. The van der Waals surface area contributed by atoms with Crippen LogP contribution >= 0.6 is 0 Å². The molecule has 17 nitrogen and oxygen atoms in total. The smallest absolute Gasteiger partial charge is 0.326 e. The van der Waals surface area contributed by atoms with Gasteiger partial charge in [-0.3, -0.25) is 28.8 Å². The fourth-order valence-electron chi connectivity index (χ4n) is 5.22. The van der Waals surface area contributed by atoms with E-state index in [1.807, 2.05) is 0 Å². The van der Waals surface area contributed by atoms with Crippen LogP contribution in [-0.4, -0.2) is 94.4 Å². The molecule has 13 N–H and O–H groups in total. The molecule has 6 amide bonds. The Bertz CT molecular complexity index is 1390. The number of carboxylic acids is 1. The van der Waals surface area contributed by atoms with Crippen molar-refractivity contribution < 1.29 is 43.8 Å². The molecule has 306 valence electrons. The maximum Gasteiger partial charge on any atom is 0.326 e. The molecule has 0 aliphatic rings. The van der Waals surface area contributed by atoms with Crippen molar-refractivity contribution in [1.29, 1.82) is 0 Å². The van der Waals surface area contributed by atoms with E-state index in [1.54, 1.807) is 53.7 Å². The lowest BCUT2D eigenvalue weighted by atomic mass is 9.95. The summed E-state index contributed by atoms with van der Waals surface area (Å²) < 4.78 is 0. The first-order chi connectivity index (χ1) is 24.8. The van der Waals surface area contributed by atoms with Gasteiger partial charge < -0.3 is 54.0 Å². The number of nitrogens with one attached hydrogen (secondary N) is 5. The van der Waals surface area contributed by atoms with E-state index < -0.39 is 89.5 Å². The zero-order chi connectivity index (χ0) is 40.4. The molecule has 0 aliphatic carbocycles. The van der Waals surface area contributed by atoms with Crippen LogP contribution in [0.4, 0.5) is 0 Å². The van der Waals surface area contributed by atoms with Crippen molar-refractivity contribution in [1.82, 2.24) is 26.6 Å². The molecule has 0 radical (unpaired) electrons. The summed E-state index contributed by atoms with van der Waals surface area (Å²) in [5.74, 6) is -6.82. The highest BCUT2D eigenvalue weighted by molar-refractivity contribution is 5.96. The van der Waals surface area contributed by atoms with Crippen LogP contribution in [0.1, 0.15) is 93.1 Å². The Morgan fingerprint density at radius 2 is 1.20 bits per heavy atom. The van der Waals surface area contributed by atoms with Crippen molar-refractivity contribution in [2.24, 2.45) is 35.0 Å². The second kappa shape index (κ2) is 24.5. The number of aromatic hydroxyl groups is 1. The Hall–Kier alpha value is -4.77. The quantitative estimate of drug-likeness (QED) is 0.0633. The number of hydrogen-bond donors (Lipinski definition) is 10. The van der Waals surface area contributed by atoms with Gasteiger partial charge in [0.25, 0.3) is 0 Å². The van der Waals surface area contributed by atoms with E-state index in [2.05, 4.69) is 26.6 Å². The number of amides is 6. The molecule has 54 heavy (non-hydrogen) atoms. The molecule has 1 aromatic carbocycles. The molecule has 0 saturated carbocycles. The number of nitrogens with two attached hydrogens (primary N) is 3. The number of carbonyl (C=O) groups is 7. The predicted molar refractivity (Wildman–Crippen MR) is 204 cm³/mol. The number of unbranched alkanes of at least 4 members (excludes halogenated alkanes) is 1. The highest BCUT2D eigenvalue weighted by Crippen LogP contribution is 2.15. The number of benzene rings is 1. The van der Waals surface area contributed by atoms with Gasteiger partial charge in [-0.05, 0) is 67.7 Å². The third-order valence-corrected chi connectivity index (χ3v) is 8.94. The Morgan fingerprint density at radius 1 is 0.685 bits per heavy atom. The summed E-state index contributed by atoms with van der Waals surface area (Å²) in [6, 6.07) is -1.20. The lowest BCUT2D eigenvalue weighted by Gasteiger charge is -2.30. The molecule has 0 heterocycles. The highest BCUT2D eigenvalue weighted by atomic mass is 16.4. The van der Waals surface area contributed by atoms with Crippen LogP contribution in [0.25, 0.3) is 0 Å². The second-order valence-corrected chi connectivity index (χ2v) is 14.1. The SMILES string of the molecule is C.CCC(C)C(NC(=O)C(CCC(N)=O)NC(=O)C(N)C(C)C)C(=O)NC(C(=O)NC(Cc1ccc(O)cc1)C(=O)NC(CCCCN)C(=O)O)C(C)C. The number of rotatable bonds is 24. The van der Waals surface area contributed by atoms with Crippen molar-refractivity contribution in [2.75, 3.05) is 6.54 Å². The number of carbonyl (C=O) groups excluding carboxylic acids is 6. The summed E-state index contributed by atoms with van der Waals surface area (Å²) in [6.07, 6.45) is 1.09. The summed E-state index contributed by atoms with van der Waals surface area (Å²) in [6.45, 7) is 10.7. The van der Waals surface area contributed by atoms with Crippen LogP contribution in [0.2, 0.25) is 0 Å². The standard InChI is InChI=1S/C36H60N8O9.CH4/c1-7-21(6)30(44-31(47)24(15-16-27(38)46)40-33(49)28(39)19(2)3)35(51)43-29(20(4)5)34(50)42-26(18-22-11-13-23(45)14-12-22)32(48)41-25(36(52)53)10-8-9-17-37;/h11-14,19-21,24-26,28-30,45H,7-10,15-18,37,39H2,1-6H3,(H2,38,46)(H,40,49)(H,41,48)(H,42,50)(H,43,51)(H,44,47)(H,52,53);1H4. The minimum Gasteiger partial charge on any atom is -0.508 e.